The molecule has 3 rings (SSSR count). The van der Waals surface area contributed by atoms with Gasteiger partial charge in [0.25, 0.3) is 10.0 Å². The topological polar surface area (TPSA) is 51.1 Å². The third-order valence-electron chi connectivity index (χ3n) is 3.75. The molecular formula is C18H16F2N2O2S. The third-order valence-corrected chi connectivity index (χ3v) is 5.45. The fourth-order valence-corrected chi connectivity index (χ4v) is 4.08. The van der Waals surface area contributed by atoms with Gasteiger partial charge in [-0.05, 0) is 42.9 Å². The predicted octanol–water partition coefficient (Wildman–Crippen LogP) is 3.39. The number of hydrogen-bond donors (Lipinski definition) is 1. The lowest BCUT2D eigenvalue weighted by Crippen LogP contribution is -2.15. The average molecular weight is 362 g/mol. The van der Waals surface area contributed by atoms with E-state index in [-0.39, 0.29) is 11.3 Å². The summed E-state index contributed by atoms with van der Waals surface area (Å²) in [5, 5.41) is 2.92. The Hall–Kier alpha value is -2.51. The highest BCUT2D eigenvalue weighted by atomic mass is 32.2. The first-order valence-electron chi connectivity index (χ1n) is 7.56. The lowest BCUT2D eigenvalue weighted by Gasteiger charge is -2.11. The second-order valence-corrected chi connectivity index (χ2v) is 7.26. The van der Waals surface area contributed by atoms with Crippen LogP contribution in [0.25, 0.3) is 11.3 Å². The van der Waals surface area contributed by atoms with Crippen LogP contribution in [0.1, 0.15) is 5.56 Å². The van der Waals surface area contributed by atoms with E-state index in [1.165, 1.54) is 42.6 Å². The van der Waals surface area contributed by atoms with Crippen molar-refractivity contribution in [3.8, 4) is 11.3 Å². The molecule has 1 heterocycles. The van der Waals surface area contributed by atoms with E-state index in [2.05, 4.69) is 5.32 Å². The van der Waals surface area contributed by atoms with Gasteiger partial charge in [-0.2, -0.15) is 0 Å². The molecule has 0 bridgehead atoms. The van der Waals surface area contributed by atoms with E-state index < -0.39 is 26.6 Å². The van der Waals surface area contributed by atoms with Crippen molar-refractivity contribution in [2.45, 2.75) is 11.4 Å². The van der Waals surface area contributed by atoms with Crippen LogP contribution in [0.3, 0.4) is 0 Å². The molecule has 3 aromatic rings. The summed E-state index contributed by atoms with van der Waals surface area (Å²) in [6.45, 7) is 0.390. The van der Waals surface area contributed by atoms with E-state index in [9.17, 15) is 17.2 Å². The predicted molar refractivity (Wildman–Crippen MR) is 91.6 cm³/mol. The standard InChI is InChI=1S/C18H16F2N2O2S/c1-21-11-13-10-17(14-6-2-3-7-15(14)19)22(12-13)25(23,24)18-9-5-4-8-16(18)20/h2-10,12,21H,11H2,1H3. The number of nitrogens with one attached hydrogen (secondary N) is 1. The van der Waals surface area contributed by atoms with E-state index in [4.69, 9.17) is 0 Å². The van der Waals surface area contributed by atoms with Crippen molar-refractivity contribution < 1.29 is 17.2 Å². The minimum absolute atomic E-state index is 0.129. The van der Waals surface area contributed by atoms with Crippen LogP contribution in [0.15, 0.2) is 65.7 Å². The van der Waals surface area contributed by atoms with Crippen molar-refractivity contribution >= 4 is 10.0 Å². The Bertz CT molecular complexity index is 1010. The average Bonchev–Trinajstić information content (AvgIpc) is 3.00. The van der Waals surface area contributed by atoms with Gasteiger partial charge in [0.1, 0.15) is 16.5 Å². The molecule has 0 saturated carbocycles. The second-order valence-electron chi connectivity index (χ2n) is 5.48. The largest absolute Gasteiger partial charge is 0.316 e. The van der Waals surface area contributed by atoms with Gasteiger partial charge in [0.15, 0.2) is 0 Å². The zero-order chi connectivity index (χ0) is 18.0. The highest BCUT2D eigenvalue weighted by Crippen LogP contribution is 2.29. The SMILES string of the molecule is CNCc1cc(-c2ccccc2F)n(S(=O)(=O)c2ccccc2F)c1. The van der Waals surface area contributed by atoms with Crippen LogP contribution < -0.4 is 5.32 Å². The van der Waals surface area contributed by atoms with Crippen LogP contribution in [0.4, 0.5) is 8.78 Å². The first-order chi connectivity index (χ1) is 11.9. The quantitative estimate of drug-likeness (QED) is 0.757. The summed E-state index contributed by atoms with van der Waals surface area (Å²) in [4.78, 5) is -0.459. The molecular weight excluding hydrogens is 346 g/mol. The van der Waals surface area contributed by atoms with Gasteiger partial charge in [0.2, 0.25) is 0 Å². The number of aromatic nitrogens is 1. The van der Waals surface area contributed by atoms with Crippen LogP contribution in [-0.4, -0.2) is 19.4 Å². The molecule has 2 aromatic carbocycles. The zero-order valence-corrected chi connectivity index (χ0v) is 14.2. The summed E-state index contributed by atoms with van der Waals surface area (Å²) >= 11 is 0. The number of benzene rings is 2. The molecule has 0 fully saturated rings. The van der Waals surface area contributed by atoms with Crippen molar-refractivity contribution in [1.29, 1.82) is 0 Å². The van der Waals surface area contributed by atoms with E-state index in [1.54, 1.807) is 19.2 Å². The molecule has 0 spiro atoms. The maximum atomic E-state index is 14.2. The van der Waals surface area contributed by atoms with Gasteiger partial charge in [0.05, 0.1) is 5.69 Å². The van der Waals surface area contributed by atoms with Crippen LogP contribution >= 0.6 is 0 Å². The van der Waals surface area contributed by atoms with Crippen molar-refractivity contribution in [3.05, 3.63) is 78.0 Å². The minimum Gasteiger partial charge on any atom is -0.316 e. The molecule has 4 nitrogen and oxygen atoms in total. The Labute approximate surface area is 144 Å². The molecule has 25 heavy (non-hydrogen) atoms. The normalized spacial score (nSPS) is 11.6. The molecule has 130 valence electrons. The van der Waals surface area contributed by atoms with Gasteiger partial charge in [-0.25, -0.2) is 21.2 Å². The Morgan fingerprint density at radius 2 is 1.64 bits per heavy atom. The van der Waals surface area contributed by atoms with Crippen LogP contribution in [-0.2, 0) is 16.6 Å². The summed E-state index contributed by atoms with van der Waals surface area (Å²) in [7, 11) is -2.50. The van der Waals surface area contributed by atoms with Crippen molar-refractivity contribution in [1.82, 2.24) is 9.29 Å². The van der Waals surface area contributed by atoms with Crippen LogP contribution in [0, 0.1) is 11.6 Å². The number of hydrogen-bond acceptors (Lipinski definition) is 3. The van der Waals surface area contributed by atoms with Gasteiger partial charge in [-0.15, -0.1) is 0 Å². The molecule has 0 saturated heterocycles. The van der Waals surface area contributed by atoms with Crippen LogP contribution in [0.2, 0.25) is 0 Å². The fraction of sp³-hybridized carbons (Fsp3) is 0.111. The van der Waals surface area contributed by atoms with Crippen LogP contribution in [0.5, 0.6) is 0 Å². The molecule has 0 amide bonds. The lowest BCUT2D eigenvalue weighted by molar-refractivity contribution is 0.561. The smallest absolute Gasteiger partial charge is 0.271 e. The molecule has 0 aliphatic carbocycles. The fourth-order valence-electron chi connectivity index (χ4n) is 2.62. The van der Waals surface area contributed by atoms with Gasteiger partial charge in [0, 0.05) is 18.3 Å². The van der Waals surface area contributed by atoms with E-state index in [0.717, 1.165) is 10.0 Å². The van der Waals surface area contributed by atoms with Gasteiger partial charge in [-0.3, -0.25) is 0 Å². The first-order valence-corrected chi connectivity index (χ1v) is 9.00. The minimum atomic E-state index is -4.22. The van der Waals surface area contributed by atoms with E-state index in [0.29, 0.717) is 12.1 Å². The van der Waals surface area contributed by atoms with Gasteiger partial charge < -0.3 is 5.32 Å². The Morgan fingerprint density at radius 3 is 2.28 bits per heavy atom. The van der Waals surface area contributed by atoms with Gasteiger partial charge >= 0.3 is 0 Å². The number of halogens is 2. The highest BCUT2D eigenvalue weighted by Gasteiger charge is 2.25. The first kappa shape index (κ1) is 17.3. The molecule has 0 aliphatic rings. The maximum absolute atomic E-state index is 14.2. The molecule has 1 aromatic heterocycles. The molecule has 0 unspecified atom stereocenters. The van der Waals surface area contributed by atoms with Gasteiger partial charge in [-0.1, -0.05) is 24.3 Å². The summed E-state index contributed by atoms with van der Waals surface area (Å²) in [5.41, 5.74) is 0.914. The molecule has 0 atom stereocenters. The number of rotatable bonds is 5. The summed E-state index contributed by atoms with van der Waals surface area (Å²) in [5.74, 6) is -1.41. The molecule has 0 radical (unpaired) electrons. The molecule has 0 aliphatic heterocycles. The summed E-state index contributed by atoms with van der Waals surface area (Å²) in [6, 6.07) is 12.6. The molecule has 1 N–H and O–H groups in total. The van der Waals surface area contributed by atoms with Crippen molar-refractivity contribution in [2.75, 3.05) is 7.05 Å². The number of nitrogens with zero attached hydrogens (tertiary/aromatic N) is 1. The van der Waals surface area contributed by atoms with Crippen molar-refractivity contribution in [3.63, 3.8) is 0 Å². The monoisotopic (exact) mass is 362 g/mol. The highest BCUT2D eigenvalue weighted by molar-refractivity contribution is 7.90. The third kappa shape index (κ3) is 3.20. The summed E-state index contributed by atoms with van der Waals surface area (Å²) in [6.07, 6.45) is 1.38. The lowest BCUT2D eigenvalue weighted by atomic mass is 10.1. The van der Waals surface area contributed by atoms with Crippen molar-refractivity contribution in [2.24, 2.45) is 0 Å². The Kier molecular flexibility index (Phi) is 4.69. The molecule has 7 heteroatoms. The maximum Gasteiger partial charge on any atom is 0.271 e. The second kappa shape index (κ2) is 6.78. The Morgan fingerprint density at radius 1 is 1.00 bits per heavy atom. The zero-order valence-electron chi connectivity index (χ0n) is 13.4. The van der Waals surface area contributed by atoms with E-state index >= 15 is 0 Å². The van der Waals surface area contributed by atoms with E-state index in [1.807, 2.05) is 0 Å². The Balaban J connectivity index is 2.25. The summed E-state index contributed by atoms with van der Waals surface area (Å²) < 4.78 is 55.1.